The predicted molar refractivity (Wildman–Crippen MR) is 96.6 cm³/mol. The highest BCUT2D eigenvalue weighted by Crippen LogP contribution is 2.32. The van der Waals surface area contributed by atoms with E-state index in [2.05, 4.69) is 10.6 Å². The Hall–Kier alpha value is -3.48. The van der Waals surface area contributed by atoms with Crippen molar-refractivity contribution in [1.82, 2.24) is 14.9 Å². The van der Waals surface area contributed by atoms with Gasteiger partial charge in [0, 0.05) is 18.7 Å². The Bertz CT molecular complexity index is 1040. The molecular formula is C16H16N4O8S. The lowest BCUT2D eigenvalue weighted by molar-refractivity contribution is -0.136. The van der Waals surface area contributed by atoms with Crippen molar-refractivity contribution in [1.29, 1.82) is 0 Å². The monoisotopic (exact) mass is 424 g/mol. The quantitative estimate of drug-likeness (QED) is 0.421. The molecule has 2 heterocycles. The Morgan fingerprint density at radius 2 is 1.93 bits per heavy atom. The zero-order chi connectivity index (χ0) is 21.3. The van der Waals surface area contributed by atoms with E-state index in [4.69, 9.17) is 5.11 Å². The van der Waals surface area contributed by atoms with Crippen molar-refractivity contribution >= 4 is 45.4 Å². The predicted octanol–water partition coefficient (Wildman–Crippen LogP) is -0.903. The van der Waals surface area contributed by atoms with E-state index in [1.807, 2.05) is 0 Å². The van der Waals surface area contributed by atoms with Crippen molar-refractivity contribution in [2.75, 3.05) is 17.6 Å². The van der Waals surface area contributed by atoms with E-state index in [-0.39, 0.29) is 36.2 Å². The average molecular weight is 424 g/mol. The number of piperidine rings is 1. The third-order valence-corrected chi connectivity index (χ3v) is 5.62. The van der Waals surface area contributed by atoms with Crippen molar-refractivity contribution < 1.29 is 37.5 Å². The molecule has 1 fully saturated rings. The van der Waals surface area contributed by atoms with E-state index in [0.29, 0.717) is 0 Å². The van der Waals surface area contributed by atoms with Crippen molar-refractivity contribution in [2.24, 2.45) is 0 Å². The number of carboxylic acid groups (broad SMARTS) is 1. The molecule has 13 heteroatoms. The number of imide groups is 2. The van der Waals surface area contributed by atoms with E-state index < -0.39 is 51.5 Å². The molecule has 4 N–H and O–H groups in total. The van der Waals surface area contributed by atoms with Gasteiger partial charge in [-0.25, -0.2) is 17.9 Å². The van der Waals surface area contributed by atoms with Crippen LogP contribution >= 0.6 is 0 Å². The molecule has 3 rings (SSSR count). The number of fused-ring (bicyclic) bond motifs is 1. The third-order valence-electron chi connectivity index (χ3n) is 4.40. The second-order valence-electron chi connectivity index (χ2n) is 6.33. The van der Waals surface area contributed by atoms with E-state index in [9.17, 15) is 32.4 Å². The van der Waals surface area contributed by atoms with Crippen molar-refractivity contribution in [3.8, 4) is 0 Å². The fraction of sp³-hybridized carbons (Fsp3) is 0.312. The number of rotatable bonds is 6. The highest BCUT2D eigenvalue weighted by molar-refractivity contribution is 7.90. The molecule has 0 saturated carbocycles. The number of benzene rings is 1. The number of anilines is 1. The van der Waals surface area contributed by atoms with Crippen LogP contribution in [0.25, 0.3) is 0 Å². The van der Waals surface area contributed by atoms with Gasteiger partial charge in [-0.2, -0.15) is 0 Å². The summed E-state index contributed by atoms with van der Waals surface area (Å²) in [6, 6.07) is 3.21. The zero-order valence-corrected chi connectivity index (χ0v) is 15.6. The van der Waals surface area contributed by atoms with Crippen LogP contribution in [0.1, 0.15) is 33.6 Å². The number of carbonyl (C=O) groups excluding carboxylic acids is 4. The molecule has 29 heavy (non-hydrogen) atoms. The maximum atomic E-state index is 12.9. The molecule has 0 spiro atoms. The number of hydrogen-bond donors (Lipinski definition) is 4. The van der Waals surface area contributed by atoms with Crippen LogP contribution < -0.4 is 15.4 Å². The fourth-order valence-electron chi connectivity index (χ4n) is 3.17. The SMILES string of the molecule is O=C(O)NS(=O)(=O)CCNc1cccc2c1C(=O)N(C1CCC(=O)NC1=O)C2=O. The van der Waals surface area contributed by atoms with Crippen LogP contribution in [0.5, 0.6) is 0 Å². The molecule has 0 bridgehead atoms. The maximum Gasteiger partial charge on any atom is 0.418 e. The third kappa shape index (κ3) is 4.03. The van der Waals surface area contributed by atoms with E-state index in [0.717, 1.165) is 4.90 Å². The molecule has 5 amide bonds. The van der Waals surface area contributed by atoms with Gasteiger partial charge in [-0.3, -0.25) is 29.4 Å². The van der Waals surface area contributed by atoms with Gasteiger partial charge in [-0.15, -0.1) is 0 Å². The summed E-state index contributed by atoms with van der Waals surface area (Å²) < 4.78 is 24.5. The Morgan fingerprint density at radius 3 is 2.59 bits per heavy atom. The summed E-state index contributed by atoms with van der Waals surface area (Å²) in [7, 11) is -4.09. The van der Waals surface area contributed by atoms with Crippen LogP contribution in [-0.4, -0.2) is 66.5 Å². The Kier molecular flexibility index (Phi) is 5.24. The molecule has 0 aliphatic carbocycles. The molecule has 1 aromatic carbocycles. The molecule has 2 aliphatic rings. The van der Waals surface area contributed by atoms with Crippen molar-refractivity contribution in [2.45, 2.75) is 18.9 Å². The number of carbonyl (C=O) groups is 5. The van der Waals surface area contributed by atoms with Gasteiger partial charge < -0.3 is 10.4 Å². The minimum Gasteiger partial charge on any atom is -0.464 e. The number of nitrogens with zero attached hydrogens (tertiary/aromatic N) is 1. The molecule has 1 saturated heterocycles. The van der Waals surface area contributed by atoms with Crippen molar-refractivity contribution in [3.05, 3.63) is 29.3 Å². The molecule has 154 valence electrons. The van der Waals surface area contributed by atoms with Gasteiger partial charge in [0.2, 0.25) is 21.8 Å². The van der Waals surface area contributed by atoms with Crippen LogP contribution in [0.4, 0.5) is 10.5 Å². The normalized spacial score (nSPS) is 19.0. The van der Waals surface area contributed by atoms with Gasteiger partial charge >= 0.3 is 6.09 Å². The molecule has 1 unspecified atom stereocenters. The topological polar surface area (TPSA) is 179 Å². The van der Waals surface area contributed by atoms with E-state index in [1.54, 1.807) is 0 Å². The second kappa shape index (κ2) is 7.50. The highest BCUT2D eigenvalue weighted by Gasteiger charge is 2.45. The van der Waals surface area contributed by atoms with Crippen LogP contribution in [0, 0.1) is 0 Å². The first-order chi connectivity index (χ1) is 13.6. The first kappa shape index (κ1) is 20.3. The van der Waals surface area contributed by atoms with Gasteiger partial charge in [0.15, 0.2) is 0 Å². The lowest BCUT2D eigenvalue weighted by Gasteiger charge is -2.27. The number of hydrogen-bond acceptors (Lipinski definition) is 8. The molecule has 2 aliphatic heterocycles. The Labute approximate surface area is 164 Å². The summed E-state index contributed by atoms with van der Waals surface area (Å²) in [5.41, 5.74) is 0.183. The van der Waals surface area contributed by atoms with Gasteiger partial charge in [-0.05, 0) is 18.6 Å². The minimum atomic E-state index is -4.09. The summed E-state index contributed by atoms with van der Waals surface area (Å²) in [6.07, 6.45) is -1.72. The van der Waals surface area contributed by atoms with E-state index >= 15 is 0 Å². The zero-order valence-electron chi connectivity index (χ0n) is 14.8. The number of amides is 5. The van der Waals surface area contributed by atoms with Crippen molar-refractivity contribution in [3.63, 3.8) is 0 Å². The first-order valence-electron chi connectivity index (χ1n) is 8.42. The largest absolute Gasteiger partial charge is 0.464 e. The number of nitrogens with one attached hydrogen (secondary N) is 3. The van der Waals surface area contributed by atoms with Gasteiger partial charge in [0.05, 0.1) is 16.9 Å². The summed E-state index contributed by atoms with van der Waals surface area (Å²) in [5.74, 6) is -3.25. The molecule has 0 aromatic heterocycles. The van der Waals surface area contributed by atoms with Crippen LogP contribution in [0.3, 0.4) is 0 Å². The van der Waals surface area contributed by atoms with Gasteiger partial charge in [0.1, 0.15) is 6.04 Å². The van der Waals surface area contributed by atoms with Crippen LogP contribution in [-0.2, 0) is 19.6 Å². The van der Waals surface area contributed by atoms with Crippen LogP contribution in [0.15, 0.2) is 18.2 Å². The molecule has 0 radical (unpaired) electrons. The molecular weight excluding hydrogens is 408 g/mol. The summed E-state index contributed by atoms with van der Waals surface area (Å²) >= 11 is 0. The fourth-order valence-corrected chi connectivity index (χ4v) is 3.91. The summed E-state index contributed by atoms with van der Waals surface area (Å²) in [4.78, 5) is 60.2. The number of sulfonamides is 1. The Morgan fingerprint density at radius 1 is 1.21 bits per heavy atom. The standard InChI is InChI=1S/C16H16N4O8S/c21-11-5-4-10(13(22)18-11)20-14(23)8-2-1-3-9(12(8)15(20)24)17-6-7-29(27,28)19-16(25)26/h1-3,10,17,19H,4-7H2,(H,25,26)(H,18,21,22). The highest BCUT2D eigenvalue weighted by atomic mass is 32.2. The molecule has 1 atom stereocenters. The lowest BCUT2D eigenvalue weighted by atomic mass is 10.0. The van der Waals surface area contributed by atoms with Crippen LogP contribution in [0.2, 0.25) is 0 Å². The summed E-state index contributed by atoms with van der Waals surface area (Å²) in [5, 5.41) is 13.3. The summed E-state index contributed by atoms with van der Waals surface area (Å²) in [6.45, 7) is -0.237. The first-order valence-corrected chi connectivity index (χ1v) is 10.1. The molecule has 12 nitrogen and oxygen atoms in total. The van der Waals surface area contributed by atoms with Gasteiger partial charge in [-0.1, -0.05) is 6.07 Å². The second-order valence-corrected chi connectivity index (χ2v) is 8.17. The average Bonchev–Trinajstić information content (AvgIpc) is 2.86. The molecule has 1 aromatic rings. The maximum absolute atomic E-state index is 12.9. The van der Waals surface area contributed by atoms with Gasteiger partial charge in [0.25, 0.3) is 11.8 Å². The minimum absolute atomic E-state index is 0.0106. The van der Waals surface area contributed by atoms with E-state index in [1.165, 1.54) is 22.9 Å². The smallest absolute Gasteiger partial charge is 0.418 e. The lowest BCUT2D eigenvalue weighted by Crippen LogP contribution is -2.54. The Balaban J connectivity index is 1.79.